The van der Waals surface area contributed by atoms with Gasteiger partial charge in [-0.05, 0) is 37.5 Å². The second-order valence-corrected chi connectivity index (χ2v) is 9.85. The number of aliphatic imine (C=N–C) groups is 1. The van der Waals surface area contributed by atoms with E-state index in [9.17, 15) is 14.4 Å². The number of thioether (sulfide) groups is 1. The Morgan fingerprint density at radius 1 is 1.33 bits per heavy atom. The fourth-order valence-electron chi connectivity index (χ4n) is 3.49. The molecule has 0 fully saturated rings. The van der Waals surface area contributed by atoms with Gasteiger partial charge in [0.05, 0.1) is 23.7 Å². The van der Waals surface area contributed by atoms with E-state index >= 15 is 0 Å². The number of cyclic esters (lactones) is 1. The van der Waals surface area contributed by atoms with E-state index < -0.39 is 23.7 Å². The number of aromatic nitrogens is 1. The lowest BCUT2D eigenvalue weighted by Gasteiger charge is -2.27. The summed E-state index contributed by atoms with van der Waals surface area (Å²) in [5.74, 6) is -0.866. The summed E-state index contributed by atoms with van der Waals surface area (Å²) >= 11 is 1.49. The lowest BCUT2D eigenvalue weighted by Crippen LogP contribution is -2.53. The summed E-state index contributed by atoms with van der Waals surface area (Å²) in [6.07, 6.45) is 6.34. The number of rotatable bonds is 4. The highest BCUT2D eigenvalue weighted by atomic mass is 32.2. The van der Waals surface area contributed by atoms with Crippen molar-refractivity contribution < 1.29 is 19.1 Å². The molecule has 0 radical (unpaired) electrons. The van der Waals surface area contributed by atoms with E-state index in [-0.39, 0.29) is 30.7 Å². The van der Waals surface area contributed by atoms with E-state index in [1.54, 1.807) is 19.2 Å². The predicted molar refractivity (Wildman–Crippen MR) is 129 cm³/mol. The molecule has 0 aliphatic carbocycles. The van der Waals surface area contributed by atoms with Crippen molar-refractivity contribution in [1.82, 2.24) is 15.6 Å². The number of ether oxygens (including phenoxy) is 1. The van der Waals surface area contributed by atoms with Crippen molar-refractivity contribution in [2.75, 3.05) is 5.75 Å². The number of hydrogen-bond acceptors (Lipinski definition) is 7. The van der Waals surface area contributed by atoms with Gasteiger partial charge in [0.1, 0.15) is 17.7 Å². The molecular formula is C24H32N4O4S. The number of carbonyl (C=O) groups is 3. The topological polar surface area (TPSA) is 110 Å². The molecule has 0 saturated heterocycles. The monoisotopic (exact) mass is 472 g/mol. The number of nitrogens with one attached hydrogen (secondary N) is 2. The summed E-state index contributed by atoms with van der Waals surface area (Å²) in [5.41, 5.74) is 0.537. The van der Waals surface area contributed by atoms with Crippen LogP contribution in [0.5, 0.6) is 0 Å². The van der Waals surface area contributed by atoms with Crippen LogP contribution in [0.1, 0.15) is 58.2 Å². The Bertz CT molecular complexity index is 962. The highest BCUT2D eigenvalue weighted by Crippen LogP contribution is 2.31. The molecule has 3 atom stereocenters. The molecule has 0 aromatic carbocycles. The molecule has 8 nitrogen and oxygen atoms in total. The van der Waals surface area contributed by atoms with Crippen molar-refractivity contribution in [2.45, 2.75) is 71.2 Å². The van der Waals surface area contributed by atoms with Crippen LogP contribution in [0.3, 0.4) is 0 Å². The Kier molecular flexibility index (Phi) is 8.29. The number of carbonyl (C=O) groups excluding carboxylic acids is 3. The zero-order valence-electron chi connectivity index (χ0n) is 19.6. The summed E-state index contributed by atoms with van der Waals surface area (Å²) < 4.78 is 5.69. The van der Waals surface area contributed by atoms with E-state index in [1.807, 2.05) is 39.0 Å². The minimum absolute atomic E-state index is 0.00924. The number of unbranched alkanes of at least 4 members (excludes halogenated alkanes) is 1. The van der Waals surface area contributed by atoms with E-state index in [0.29, 0.717) is 11.4 Å². The number of fused-ring (bicyclic) bond motifs is 4. The Labute approximate surface area is 199 Å². The summed E-state index contributed by atoms with van der Waals surface area (Å²) in [4.78, 5) is 47.8. The molecule has 1 aromatic rings. The minimum atomic E-state index is -0.997. The lowest BCUT2D eigenvalue weighted by atomic mass is 10.00. The lowest BCUT2D eigenvalue weighted by molar-refractivity contribution is -0.153. The van der Waals surface area contributed by atoms with Crippen LogP contribution < -0.4 is 10.6 Å². The molecule has 2 amide bonds. The van der Waals surface area contributed by atoms with Gasteiger partial charge in [-0.3, -0.25) is 19.6 Å². The molecule has 1 unspecified atom stereocenters. The Balaban J connectivity index is 1.95. The second-order valence-electron chi connectivity index (χ2n) is 8.88. The average Bonchev–Trinajstić information content (AvgIpc) is 3.19. The molecular weight excluding hydrogens is 440 g/mol. The van der Waals surface area contributed by atoms with Crippen LogP contribution in [0.25, 0.3) is 0 Å². The van der Waals surface area contributed by atoms with Gasteiger partial charge in [-0.25, -0.2) is 4.79 Å². The molecule has 3 heterocycles. The van der Waals surface area contributed by atoms with Crippen molar-refractivity contribution in [2.24, 2.45) is 10.9 Å². The Morgan fingerprint density at radius 2 is 2.12 bits per heavy atom. The van der Waals surface area contributed by atoms with Crippen LogP contribution in [0, 0.1) is 5.92 Å². The van der Waals surface area contributed by atoms with Crippen LogP contribution in [0.15, 0.2) is 35.5 Å². The number of esters is 1. The smallest absolute Gasteiger partial charge is 0.329 e. The zero-order chi connectivity index (χ0) is 24.0. The first-order valence-electron chi connectivity index (χ1n) is 11.3. The normalized spacial score (nSPS) is 26.7. The van der Waals surface area contributed by atoms with Gasteiger partial charge >= 0.3 is 5.97 Å². The largest absolute Gasteiger partial charge is 0.456 e. The highest BCUT2D eigenvalue weighted by molar-refractivity contribution is 8.14. The van der Waals surface area contributed by atoms with Gasteiger partial charge in [0.15, 0.2) is 0 Å². The molecule has 1 aromatic heterocycles. The van der Waals surface area contributed by atoms with Crippen LogP contribution >= 0.6 is 11.8 Å². The molecule has 2 aliphatic rings. The standard InChI is InChI=1S/C24H32N4O4S/c1-5-6-7-8-18-12-19(29)26-13-17-11-16(9-10-25-17)21-28-24(4,14-33-21)23(31)27-20(15(2)3)22(30)32-18/h7-11,15,18,20H,5-6,12-14H2,1-4H3,(H,26,29)(H,27,31)/b8-7+/t18?,20-,24-/m0/s1. The van der Waals surface area contributed by atoms with Gasteiger partial charge in [-0.15, -0.1) is 11.8 Å². The molecule has 0 saturated carbocycles. The third-order valence-corrected chi connectivity index (χ3v) is 6.83. The fraction of sp³-hybridized carbons (Fsp3) is 0.542. The van der Waals surface area contributed by atoms with Crippen LogP contribution in [0.4, 0.5) is 0 Å². The maximum atomic E-state index is 13.2. The average molecular weight is 473 g/mol. The van der Waals surface area contributed by atoms with Crippen molar-refractivity contribution in [3.8, 4) is 0 Å². The first kappa shape index (κ1) is 25.0. The maximum Gasteiger partial charge on any atom is 0.329 e. The van der Waals surface area contributed by atoms with Gasteiger partial charge in [0, 0.05) is 17.5 Å². The van der Waals surface area contributed by atoms with Crippen molar-refractivity contribution >= 4 is 34.6 Å². The highest BCUT2D eigenvalue weighted by Gasteiger charge is 2.41. The van der Waals surface area contributed by atoms with E-state index in [0.717, 1.165) is 23.4 Å². The SMILES string of the molecule is CCC/C=C/C1CC(=O)NCc2cc(ccn2)C2=N[C@@](C)(CS2)C(=O)N[C@@H](C(C)C)C(=O)O1. The van der Waals surface area contributed by atoms with Crippen molar-refractivity contribution in [3.05, 3.63) is 41.7 Å². The summed E-state index contributed by atoms with van der Waals surface area (Å²) in [6, 6.07) is 2.87. The third-order valence-electron chi connectivity index (χ3n) is 5.52. The van der Waals surface area contributed by atoms with E-state index in [1.165, 1.54) is 11.8 Å². The minimum Gasteiger partial charge on any atom is -0.456 e. The maximum absolute atomic E-state index is 13.2. The Morgan fingerprint density at radius 3 is 2.85 bits per heavy atom. The molecule has 0 spiro atoms. The van der Waals surface area contributed by atoms with Gasteiger partial charge in [-0.2, -0.15) is 0 Å². The van der Waals surface area contributed by atoms with Gasteiger partial charge in [0.2, 0.25) is 11.8 Å². The zero-order valence-corrected chi connectivity index (χ0v) is 20.4. The Hall–Kier alpha value is -2.68. The third kappa shape index (κ3) is 6.43. The number of hydrogen-bond donors (Lipinski definition) is 2. The number of nitrogens with zero attached hydrogens (tertiary/aromatic N) is 2. The van der Waals surface area contributed by atoms with Gasteiger partial charge < -0.3 is 15.4 Å². The quantitative estimate of drug-likeness (QED) is 0.515. The van der Waals surface area contributed by atoms with Crippen molar-refractivity contribution in [3.63, 3.8) is 0 Å². The first-order valence-corrected chi connectivity index (χ1v) is 12.3. The van der Waals surface area contributed by atoms with Crippen molar-refractivity contribution in [1.29, 1.82) is 0 Å². The molecule has 9 heteroatoms. The number of amides is 2. The molecule has 178 valence electrons. The van der Waals surface area contributed by atoms with Crippen LogP contribution in [0.2, 0.25) is 0 Å². The van der Waals surface area contributed by atoms with E-state index in [2.05, 4.69) is 15.6 Å². The van der Waals surface area contributed by atoms with Gasteiger partial charge in [0.25, 0.3) is 0 Å². The molecule has 2 aliphatic heterocycles. The molecule has 33 heavy (non-hydrogen) atoms. The van der Waals surface area contributed by atoms with Crippen LogP contribution in [-0.2, 0) is 25.7 Å². The molecule has 4 bridgehead atoms. The first-order chi connectivity index (χ1) is 15.7. The van der Waals surface area contributed by atoms with Gasteiger partial charge in [-0.1, -0.05) is 33.3 Å². The number of pyridine rings is 1. The summed E-state index contributed by atoms with van der Waals surface area (Å²) in [7, 11) is 0. The molecule has 3 rings (SSSR count). The number of allylic oxidation sites excluding steroid dienone is 1. The van der Waals surface area contributed by atoms with Crippen LogP contribution in [-0.4, -0.2) is 51.2 Å². The summed E-state index contributed by atoms with van der Waals surface area (Å²) in [6.45, 7) is 7.75. The summed E-state index contributed by atoms with van der Waals surface area (Å²) in [5, 5.41) is 6.44. The van der Waals surface area contributed by atoms with E-state index in [4.69, 9.17) is 9.73 Å². The predicted octanol–water partition coefficient (Wildman–Crippen LogP) is 2.76. The second kappa shape index (κ2) is 11.0. The molecule has 2 N–H and O–H groups in total. The fourth-order valence-corrected chi connectivity index (χ4v) is 4.67.